The van der Waals surface area contributed by atoms with Crippen molar-refractivity contribution < 1.29 is 13.8 Å². The summed E-state index contributed by atoms with van der Waals surface area (Å²) >= 11 is 0. The monoisotopic (exact) mass is 288 g/mol. The van der Waals surface area contributed by atoms with Gasteiger partial charge in [-0.25, -0.2) is 0 Å². The molecule has 5 nitrogen and oxygen atoms in total. The number of carbonyl (C=O) groups excluding carboxylic acids is 2. The van der Waals surface area contributed by atoms with Gasteiger partial charge in [-0.2, -0.15) is 0 Å². The molecule has 1 heterocycles. The Balaban J connectivity index is 2.83. The first kappa shape index (κ1) is 16.1. The molecule has 1 rings (SSSR count). The highest BCUT2D eigenvalue weighted by Crippen LogP contribution is 2.15. The Morgan fingerprint density at radius 2 is 2.05 bits per heavy atom. The van der Waals surface area contributed by atoms with Crippen molar-refractivity contribution in [3.8, 4) is 0 Å². The Bertz CT molecular complexity index is 373. The number of rotatable bonds is 5. The Kier molecular flexibility index (Phi) is 5.97. The van der Waals surface area contributed by atoms with Gasteiger partial charge in [0.2, 0.25) is 11.8 Å². The first-order valence-corrected chi connectivity index (χ1v) is 8.39. The lowest BCUT2D eigenvalue weighted by atomic mass is 9.98. The molecular formula is C13H24N2O3S. The second-order valence-electron chi connectivity index (χ2n) is 5.27. The van der Waals surface area contributed by atoms with E-state index in [0.29, 0.717) is 19.5 Å². The maximum absolute atomic E-state index is 12.5. The molecule has 0 aromatic rings. The van der Waals surface area contributed by atoms with Gasteiger partial charge in [0.15, 0.2) is 0 Å². The third-order valence-corrected chi connectivity index (χ3v) is 5.04. The van der Waals surface area contributed by atoms with Gasteiger partial charge in [0.25, 0.3) is 0 Å². The average Bonchev–Trinajstić information content (AvgIpc) is 2.50. The fourth-order valence-electron chi connectivity index (χ4n) is 2.07. The molecule has 1 aliphatic rings. The van der Waals surface area contributed by atoms with E-state index in [0.717, 1.165) is 6.42 Å². The second kappa shape index (κ2) is 7.03. The van der Waals surface area contributed by atoms with E-state index in [1.54, 1.807) is 11.2 Å². The van der Waals surface area contributed by atoms with Crippen molar-refractivity contribution >= 4 is 22.6 Å². The van der Waals surface area contributed by atoms with E-state index >= 15 is 0 Å². The van der Waals surface area contributed by atoms with Crippen molar-refractivity contribution in [2.75, 3.05) is 19.3 Å². The van der Waals surface area contributed by atoms with E-state index in [9.17, 15) is 13.8 Å². The fraction of sp³-hybridized carbons (Fsp3) is 0.846. The summed E-state index contributed by atoms with van der Waals surface area (Å²) < 4.78 is 11.4. The molecule has 0 aromatic carbocycles. The molecule has 0 spiro atoms. The van der Waals surface area contributed by atoms with Gasteiger partial charge in [-0.1, -0.05) is 20.3 Å². The molecule has 0 saturated carbocycles. The van der Waals surface area contributed by atoms with Crippen molar-refractivity contribution in [1.82, 2.24) is 10.2 Å². The first-order chi connectivity index (χ1) is 8.86. The highest BCUT2D eigenvalue weighted by Gasteiger charge is 2.33. The molecular weight excluding hydrogens is 264 g/mol. The van der Waals surface area contributed by atoms with Gasteiger partial charge in [-0.15, -0.1) is 0 Å². The van der Waals surface area contributed by atoms with Crippen LogP contribution in [0.15, 0.2) is 0 Å². The van der Waals surface area contributed by atoms with Crippen LogP contribution in [0, 0.1) is 5.92 Å². The van der Waals surface area contributed by atoms with Crippen LogP contribution < -0.4 is 5.32 Å². The number of carbonyl (C=O) groups is 2. The third kappa shape index (κ3) is 4.30. The quantitative estimate of drug-likeness (QED) is 0.802. The molecule has 1 saturated heterocycles. The molecule has 4 unspecified atom stereocenters. The van der Waals surface area contributed by atoms with Crippen LogP contribution in [0.5, 0.6) is 0 Å². The Labute approximate surface area is 117 Å². The minimum Gasteiger partial charge on any atom is -0.344 e. The first-order valence-electron chi connectivity index (χ1n) is 6.77. The molecule has 110 valence electrons. The maximum Gasteiger partial charge on any atom is 0.245 e. The van der Waals surface area contributed by atoms with E-state index in [1.165, 1.54) is 0 Å². The molecule has 1 fully saturated rings. The molecule has 1 aliphatic heterocycles. The predicted molar refractivity (Wildman–Crippen MR) is 76.1 cm³/mol. The molecule has 19 heavy (non-hydrogen) atoms. The lowest BCUT2D eigenvalue weighted by molar-refractivity contribution is -0.134. The standard InChI is InChI=1S/C13H24N2O3S/c1-5-9(2)12-13(17)15(7-6-11(16)14-12)8-10(3)19(4)18/h9-10,12H,5-8H2,1-4H3,(H,14,16). The summed E-state index contributed by atoms with van der Waals surface area (Å²) in [5.74, 6) is -0.0107. The van der Waals surface area contributed by atoms with E-state index in [1.807, 2.05) is 20.8 Å². The smallest absolute Gasteiger partial charge is 0.245 e. The highest BCUT2D eigenvalue weighted by atomic mass is 32.2. The van der Waals surface area contributed by atoms with Gasteiger partial charge >= 0.3 is 0 Å². The number of amides is 2. The number of hydrogen-bond acceptors (Lipinski definition) is 3. The van der Waals surface area contributed by atoms with Crippen molar-refractivity contribution in [1.29, 1.82) is 0 Å². The van der Waals surface area contributed by atoms with Gasteiger partial charge in [0.1, 0.15) is 6.04 Å². The number of nitrogens with zero attached hydrogens (tertiary/aromatic N) is 1. The van der Waals surface area contributed by atoms with Crippen LogP contribution in [0.25, 0.3) is 0 Å². The van der Waals surface area contributed by atoms with Crippen LogP contribution in [0.2, 0.25) is 0 Å². The summed E-state index contributed by atoms with van der Waals surface area (Å²) in [6.45, 7) is 6.70. The lowest BCUT2D eigenvalue weighted by Gasteiger charge is -2.28. The van der Waals surface area contributed by atoms with Gasteiger partial charge in [-0.05, 0) is 12.8 Å². The minimum absolute atomic E-state index is 0.0440. The number of nitrogens with one attached hydrogen (secondary N) is 1. The van der Waals surface area contributed by atoms with Crippen LogP contribution in [0.3, 0.4) is 0 Å². The van der Waals surface area contributed by atoms with Gasteiger partial charge in [-0.3, -0.25) is 13.8 Å². The average molecular weight is 288 g/mol. The van der Waals surface area contributed by atoms with Crippen LogP contribution in [0.1, 0.15) is 33.6 Å². The summed E-state index contributed by atoms with van der Waals surface area (Å²) in [5.41, 5.74) is 0. The molecule has 1 N–H and O–H groups in total. The van der Waals surface area contributed by atoms with Crippen LogP contribution in [-0.2, 0) is 20.4 Å². The van der Waals surface area contributed by atoms with E-state index < -0.39 is 16.8 Å². The largest absolute Gasteiger partial charge is 0.344 e. The molecule has 0 bridgehead atoms. The van der Waals surface area contributed by atoms with E-state index in [-0.39, 0.29) is 23.0 Å². The third-order valence-electron chi connectivity index (χ3n) is 3.76. The molecule has 0 aromatic heterocycles. The molecule has 6 heteroatoms. The summed E-state index contributed by atoms with van der Waals surface area (Å²) in [7, 11) is -0.964. The molecule has 4 atom stereocenters. The fourth-order valence-corrected chi connectivity index (χ4v) is 2.46. The van der Waals surface area contributed by atoms with Gasteiger partial charge in [0.05, 0.1) is 0 Å². The van der Waals surface area contributed by atoms with Crippen molar-refractivity contribution in [3.63, 3.8) is 0 Å². The Morgan fingerprint density at radius 3 is 2.58 bits per heavy atom. The summed E-state index contributed by atoms with van der Waals surface area (Å²) in [4.78, 5) is 25.8. The van der Waals surface area contributed by atoms with Crippen LogP contribution >= 0.6 is 0 Å². The Hall–Kier alpha value is -0.910. The molecule has 0 aliphatic carbocycles. The lowest BCUT2D eigenvalue weighted by Crippen LogP contribution is -2.49. The summed E-state index contributed by atoms with van der Waals surface area (Å²) in [5, 5.41) is 2.73. The highest BCUT2D eigenvalue weighted by molar-refractivity contribution is 7.84. The summed E-state index contributed by atoms with van der Waals surface area (Å²) in [6, 6.07) is -0.447. The number of hydrogen-bond donors (Lipinski definition) is 1. The topological polar surface area (TPSA) is 66.5 Å². The zero-order chi connectivity index (χ0) is 14.6. The normalized spacial score (nSPS) is 25.5. The molecule has 0 radical (unpaired) electrons. The SMILES string of the molecule is CCC(C)C1NC(=O)CCN(CC(C)S(C)=O)C1=O. The molecule has 2 amide bonds. The van der Waals surface area contributed by atoms with Crippen molar-refractivity contribution in [3.05, 3.63) is 0 Å². The zero-order valence-electron chi connectivity index (χ0n) is 12.1. The van der Waals surface area contributed by atoms with Crippen molar-refractivity contribution in [2.45, 2.75) is 44.9 Å². The van der Waals surface area contributed by atoms with Crippen LogP contribution in [0.4, 0.5) is 0 Å². The predicted octanol–water partition coefficient (Wildman–Crippen LogP) is 0.517. The Morgan fingerprint density at radius 1 is 1.42 bits per heavy atom. The van der Waals surface area contributed by atoms with Crippen molar-refractivity contribution in [2.24, 2.45) is 5.92 Å². The van der Waals surface area contributed by atoms with Gasteiger partial charge < -0.3 is 10.2 Å². The van der Waals surface area contributed by atoms with Crippen LogP contribution in [-0.4, -0.2) is 51.6 Å². The minimum atomic E-state index is -0.964. The second-order valence-corrected chi connectivity index (χ2v) is 7.08. The van der Waals surface area contributed by atoms with E-state index in [4.69, 9.17) is 0 Å². The zero-order valence-corrected chi connectivity index (χ0v) is 13.0. The van der Waals surface area contributed by atoms with E-state index in [2.05, 4.69) is 5.32 Å². The van der Waals surface area contributed by atoms with Gasteiger partial charge in [0, 0.05) is 41.8 Å². The maximum atomic E-state index is 12.5. The summed E-state index contributed by atoms with van der Waals surface area (Å²) in [6.07, 6.45) is 2.80.